The Morgan fingerprint density at radius 3 is 2.58 bits per heavy atom. The van der Waals surface area contributed by atoms with Gasteiger partial charge in [0, 0.05) is 6.54 Å². The lowest BCUT2D eigenvalue weighted by Gasteiger charge is -2.11. The topological polar surface area (TPSA) is 35.2 Å². The van der Waals surface area contributed by atoms with Crippen molar-refractivity contribution < 1.29 is 9.13 Å². The highest BCUT2D eigenvalue weighted by Crippen LogP contribution is 2.20. The first-order chi connectivity index (χ1) is 9.22. The third-order valence-electron chi connectivity index (χ3n) is 3.00. The predicted molar refractivity (Wildman–Crippen MR) is 74.4 cm³/mol. The summed E-state index contributed by atoms with van der Waals surface area (Å²) < 4.78 is 19.1. The normalized spacial score (nSPS) is 10.5. The minimum absolute atomic E-state index is 0.273. The Bertz CT molecular complexity index is 554. The van der Waals surface area contributed by atoms with E-state index in [2.05, 4.69) is 6.92 Å². The molecule has 2 rings (SSSR count). The highest BCUT2D eigenvalue weighted by Gasteiger charge is 2.04. The first kappa shape index (κ1) is 13.6. The smallest absolute Gasteiger partial charge is 0.123 e. The van der Waals surface area contributed by atoms with Crippen LogP contribution in [0.2, 0.25) is 0 Å². The van der Waals surface area contributed by atoms with Gasteiger partial charge in [0.15, 0.2) is 0 Å². The van der Waals surface area contributed by atoms with Gasteiger partial charge < -0.3 is 10.5 Å². The van der Waals surface area contributed by atoms with Gasteiger partial charge in [-0.3, -0.25) is 0 Å². The standard InChI is InChI=1S/C16H18FNO/c1-2-14-5-3-4-6-16(14)19-11-13-7-12(10-18)8-15(17)9-13/h3-9H,2,10-11,18H2,1H3. The van der Waals surface area contributed by atoms with Crippen LogP contribution in [0.5, 0.6) is 5.75 Å². The number of aryl methyl sites for hydroxylation is 1. The summed E-state index contributed by atoms with van der Waals surface area (Å²) in [6.45, 7) is 2.76. The minimum Gasteiger partial charge on any atom is -0.489 e. The zero-order valence-corrected chi connectivity index (χ0v) is 11.0. The lowest BCUT2D eigenvalue weighted by Crippen LogP contribution is -2.02. The highest BCUT2D eigenvalue weighted by molar-refractivity contribution is 5.33. The second-order valence-corrected chi connectivity index (χ2v) is 4.42. The van der Waals surface area contributed by atoms with Crippen LogP contribution in [0.1, 0.15) is 23.6 Å². The molecule has 0 aliphatic rings. The van der Waals surface area contributed by atoms with Gasteiger partial charge in [-0.15, -0.1) is 0 Å². The van der Waals surface area contributed by atoms with Gasteiger partial charge in [-0.25, -0.2) is 4.39 Å². The quantitative estimate of drug-likeness (QED) is 0.893. The van der Waals surface area contributed by atoms with E-state index in [0.29, 0.717) is 13.2 Å². The van der Waals surface area contributed by atoms with Gasteiger partial charge in [-0.1, -0.05) is 31.2 Å². The van der Waals surface area contributed by atoms with Crippen molar-refractivity contribution >= 4 is 0 Å². The number of ether oxygens (including phenoxy) is 1. The minimum atomic E-state index is -0.273. The number of halogens is 1. The van der Waals surface area contributed by atoms with Gasteiger partial charge >= 0.3 is 0 Å². The van der Waals surface area contributed by atoms with Gasteiger partial charge in [-0.05, 0) is 41.3 Å². The average Bonchev–Trinajstić information content (AvgIpc) is 2.44. The third-order valence-corrected chi connectivity index (χ3v) is 3.00. The molecule has 3 heteroatoms. The molecule has 0 aliphatic carbocycles. The monoisotopic (exact) mass is 259 g/mol. The van der Waals surface area contributed by atoms with Crippen LogP contribution >= 0.6 is 0 Å². The zero-order valence-electron chi connectivity index (χ0n) is 11.0. The van der Waals surface area contributed by atoms with Crippen LogP contribution in [-0.4, -0.2) is 0 Å². The first-order valence-electron chi connectivity index (χ1n) is 6.42. The number of rotatable bonds is 5. The van der Waals surface area contributed by atoms with Gasteiger partial charge in [-0.2, -0.15) is 0 Å². The van der Waals surface area contributed by atoms with E-state index in [1.807, 2.05) is 30.3 Å². The van der Waals surface area contributed by atoms with E-state index >= 15 is 0 Å². The van der Waals surface area contributed by atoms with Crippen molar-refractivity contribution in [3.05, 3.63) is 65.0 Å². The van der Waals surface area contributed by atoms with Crippen molar-refractivity contribution in [2.75, 3.05) is 0 Å². The third kappa shape index (κ3) is 3.55. The first-order valence-corrected chi connectivity index (χ1v) is 6.42. The van der Waals surface area contributed by atoms with E-state index in [1.54, 1.807) is 0 Å². The summed E-state index contributed by atoms with van der Waals surface area (Å²) in [6, 6.07) is 12.7. The summed E-state index contributed by atoms with van der Waals surface area (Å²) in [4.78, 5) is 0. The van der Waals surface area contributed by atoms with Crippen LogP contribution in [0.3, 0.4) is 0 Å². The van der Waals surface area contributed by atoms with E-state index in [0.717, 1.165) is 28.9 Å². The van der Waals surface area contributed by atoms with Crippen LogP contribution in [0.25, 0.3) is 0 Å². The molecule has 2 aromatic rings. The molecule has 0 bridgehead atoms. The summed E-state index contributed by atoms with van der Waals surface area (Å²) in [7, 11) is 0. The molecule has 0 amide bonds. The van der Waals surface area contributed by atoms with Crippen molar-refractivity contribution in [2.24, 2.45) is 5.73 Å². The Balaban J connectivity index is 2.12. The maximum absolute atomic E-state index is 13.4. The molecule has 19 heavy (non-hydrogen) atoms. The van der Waals surface area contributed by atoms with Gasteiger partial charge in [0.25, 0.3) is 0 Å². The number of hydrogen-bond donors (Lipinski definition) is 1. The second kappa shape index (κ2) is 6.34. The average molecular weight is 259 g/mol. The second-order valence-electron chi connectivity index (χ2n) is 4.42. The van der Waals surface area contributed by atoms with Gasteiger partial charge in [0.1, 0.15) is 18.2 Å². The zero-order chi connectivity index (χ0) is 13.7. The molecule has 2 N–H and O–H groups in total. The molecule has 0 aromatic heterocycles. The molecule has 2 nitrogen and oxygen atoms in total. The molecule has 0 aliphatic heterocycles. The maximum Gasteiger partial charge on any atom is 0.123 e. The molecule has 0 spiro atoms. The van der Waals surface area contributed by atoms with Crippen molar-refractivity contribution in [2.45, 2.75) is 26.5 Å². The fourth-order valence-corrected chi connectivity index (χ4v) is 2.02. The molecule has 0 fully saturated rings. The number of benzene rings is 2. The largest absolute Gasteiger partial charge is 0.489 e. The highest BCUT2D eigenvalue weighted by atomic mass is 19.1. The summed E-state index contributed by atoms with van der Waals surface area (Å²) in [5.41, 5.74) is 8.26. The Kier molecular flexibility index (Phi) is 4.53. The number of para-hydroxylation sites is 1. The van der Waals surface area contributed by atoms with Crippen molar-refractivity contribution in [3.8, 4) is 5.75 Å². The van der Waals surface area contributed by atoms with Crippen molar-refractivity contribution in [3.63, 3.8) is 0 Å². The Morgan fingerprint density at radius 2 is 1.84 bits per heavy atom. The summed E-state index contributed by atoms with van der Waals surface area (Å²) in [5, 5.41) is 0. The van der Waals surface area contributed by atoms with E-state index in [9.17, 15) is 4.39 Å². The number of nitrogens with two attached hydrogens (primary N) is 1. The fraction of sp³-hybridized carbons (Fsp3) is 0.250. The molecule has 0 saturated carbocycles. The maximum atomic E-state index is 13.4. The van der Waals surface area contributed by atoms with Gasteiger partial charge in [0.2, 0.25) is 0 Å². The van der Waals surface area contributed by atoms with Gasteiger partial charge in [0.05, 0.1) is 0 Å². The molecule has 0 heterocycles. The van der Waals surface area contributed by atoms with Crippen LogP contribution in [0, 0.1) is 5.82 Å². The lowest BCUT2D eigenvalue weighted by atomic mass is 10.1. The van der Waals surface area contributed by atoms with Crippen LogP contribution in [0.15, 0.2) is 42.5 Å². The van der Waals surface area contributed by atoms with Crippen LogP contribution in [-0.2, 0) is 19.6 Å². The molecule has 2 aromatic carbocycles. The summed E-state index contributed by atoms with van der Waals surface area (Å²) in [5.74, 6) is 0.578. The molecule has 0 atom stereocenters. The Hall–Kier alpha value is -1.87. The fourth-order valence-electron chi connectivity index (χ4n) is 2.02. The van der Waals surface area contributed by atoms with E-state index in [1.165, 1.54) is 12.1 Å². The molecule has 0 radical (unpaired) electrons. The summed E-state index contributed by atoms with van der Waals surface area (Å²) >= 11 is 0. The Morgan fingerprint density at radius 1 is 1.11 bits per heavy atom. The Labute approximate surface area is 113 Å². The van der Waals surface area contributed by atoms with Crippen molar-refractivity contribution in [1.29, 1.82) is 0 Å². The number of hydrogen-bond acceptors (Lipinski definition) is 2. The molecule has 100 valence electrons. The SMILES string of the molecule is CCc1ccccc1OCc1cc(F)cc(CN)c1. The molecular weight excluding hydrogens is 241 g/mol. The predicted octanol–water partition coefficient (Wildman–Crippen LogP) is 3.43. The van der Waals surface area contributed by atoms with E-state index in [4.69, 9.17) is 10.5 Å². The molecule has 0 unspecified atom stereocenters. The van der Waals surface area contributed by atoms with Crippen molar-refractivity contribution in [1.82, 2.24) is 0 Å². The molecule has 0 saturated heterocycles. The van der Waals surface area contributed by atoms with E-state index in [-0.39, 0.29) is 5.82 Å². The van der Waals surface area contributed by atoms with Crippen LogP contribution < -0.4 is 10.5 Å². The summed E-state index contributed by atoms with van der Waals surface area (Å²) in [6.07, 6.45) is 0.910. The lowest BCUT2D eigenvalue weighted by molar-refractivity contribution is 0.302. The molecular formula is C16H18FNO. The van der Waals surface area contributed by atoms with Crippen LogP contribution in [0.4, 0.5) is 4.39 Å². The van der Waals surface area contributed by atoms with E-state index < -0.39 is 0 Å².